The van der Waals surface area contributed by atoms with E-state index in [0.29, 0.717) is 16.6 Å². The number of halogens is 1. The third kappa shape index (κ3) is 1.68. The molecule has 2 aromatic heterocycles. The zero-order valence-corrected chi connectivity index (χ0v) is 10.8. The smallest absolute Gasteiger partial charge is 0.345 e. The van der Waals surface area contributed by atoms with Gasteiger partial charge in [0.1, 0.15) is 4.88 Å². The Labute approximate surface area is 103 Å². The summed E-state index contributed by atoms with van der Waals surface area (Å²) >= 11 is 4.45. The molecule has 0 radical (unpaired) electrons. The molecule has 4 nitrogen and oxygen atoms in total. The van der Waals surface area contributed by atoms with Crippen LogP contribution in [-0.4, -0.2) is 15.6 Å². The summed E-state index contributed by atoms with van der Waals surface area (Å²) in [7, 11) is 0. The van der Waals surface area contributed by atoms with Crippen LogP contribution in [0, 0.1) is 0 Å². The van der Waals surface area contributed by atoms with Crippen molar-refractivity contribution in [1.82, 2.24) is 4.57 Å². The van der Waals surface area contributed by atoms with Crippen molar-refractivity contribution in [2.75, 3.05) is 0 Å². The van der Waals surface area contributed by atoms with Gasteiger partial charge in [-0.05, 0) is 28.9 Å². The predicted molar refractivity (Wildman–Crippen MR) is 66.4 cm³/mol. The number of fused-ring (bicyclic) bond motifs is 1. The van der Waals surface area contributed by atoms with Crippen molar-refractivity contribution in [3.8, 4) is 0 Å². The Morgan fingerprint density at radius 2 is 2.31 bits per heavy atom. The lowest BCUT2D eigenvalue weighted by atomic mass is 10.3. The van der Waals surface area contributed by atoms with Crippen LogP contribution in [-0.2, 0) is 6.54 Å². The summed E-state index contributed by atoms with van der Waals surface area (Å²) in [5.41, 5.74) is -0.149. The maximum absolute atomic E-state index is 11.9. The maximum atomic E-state index is 11.9. The van der Waals surface area contributed by atoms with Crippen LogP contribution in [0.1, 0.15) is 16.6 Å². The summed E-state index contributed by atoms with van der Waals surface area (Å²) in [6, 6.07) is 1.43. The number of aryl methyl sites for hydroxylation is 1. The van der Waals surface area contributed by atoms with E-state index in [1.165, 1.54) is 6.07 Å². The van der Waals surface area contributed by atoms with E-state index in [-0.39, 0.29) is 10.4 Å². The first-order chi connectivity index (χ1) is 7.54. The van der Waals surface area contributed by atoms with Crippen LogP contribution in [0.5, 0.6) is 0 Å². The average Bonchev–Trinajstić information content (AvgIpc) is 2.68. The molecule has 0 saturated carbocycles. The van der Waals surface area contributed by atoms with E-state index < -0.39 is 5.97 Å². The highest BCUT2D eigenvalue weighted by atomic mass is 79.9. The molecule has 2 rings (SSSR count). The molecular weight excluding hydrogens is 294 g/mol. The van der Waals surface area contributed by atoms with Crippen LogP contribution in [0.4, 0.5) is 0 Å². The number of hydrogen-bond donors (Lipinski definition) is 1. The lowest BCUT2D eigenvalue weighted by molar-refractivity contribution is 0.0702. The predicted octanol–water partition coefficient (Wildman–Crippen LogP) is 2.54. The standard InChI is InChI=1S/C10H8BrNO3S/c1-2-12-4-6(11)8-5(9(12)13)3-7(16-8)10(14)15/h3-4H,2H2,1H3,(H,14,15). The Morgan fingerprint density at radius 3 is 2.88 bits per heavy atom. The first kappa shape index (κ1) is 11.3. The lowest BCUT2D eigenvalue weighted by Gasteiger charge is -2.02. The number of pyridine rings is 1. The monoisotopic (exact) mass is 301 g/mol. The molecule has 0 atom stereocenters. The topological polar surface area (TPSA) is 59.3 Å². The second-order valence-corrected chi connectivity index (χ2v) is 5.13. The summed E-state index contributed by atoms with van der Waals surface area (Å²) in [6.07, 6.45) is 1.69. The number of thiophene rings is 1. The maximum Gasteiger partial charge on any atom is 0.345 e. The van der Waals surface area contributed by atoms with E-state index in [2.05, 4.69) is 15.9 Å². The summed E-state index contributed by atoms with van der Waals surface area (Å²) in [5, 5.41) is 9.34. The number of aromatic carboxylic acids is 1. The molecule has 0 aliphatic heterocycles. The zero-order chi connectivity index (χ0) is 11.9. The quantitative estimate of drug-likeness (QED) is 0.927. The van der Waals surface area contributed by atoms with Crippen molar-refractivity contribution >= 4 is 43.3 Å². The van der Waals surface area contributed by atoms with Gasteiger partial charge in [-0.1, -0.05) is 0 Å². The summed E-state index contributed by atoms with van der Waals surface area (Å²) in [6.45, 7) is 2.43. The van der Waals surface area contributed by atoms with E-state index in [9.17, 15) is 9.59 Å². The Hall–Kier alpha value is -1.14. The van der Waals surface area contributed by atoms with Crippen molar-refractivity contribution in [3.05, 3.63) is 32.0 Å². The highest BCUT2D eigenvalue weighted by Crippen LogP contribution is 2.29. The number of rotatable bonds is 2. The molecular formula is C10H8BrNO3S. The summed E-state index contributed by atoms with van der Waals surface area (Å²) in [4.78, 5) is 22.9. The van der Waals surface area contributed by atoms with Gasteiger partial charge in [-0.25, -0.2) is 4.79 Å². The SMILES string of the molecule is CCn1cc(Br)c2sc(C(=O)O)cc2c1=O. The van der Waals surface area contributed by atoms with Crippen LogP contribution in [0.2, 0.25) is 0 Å². The molecule has 2 aromatic rings. The van der Waals surface area contributed by atoms with Crippen molar-refractivity contribution in [3.63, 3.8) is 0 Å². The van der Waals surface area contributed by atoms with E-state index in [4.69, 9.17) is 5.11 Å². The summed E-state index contributed by atoms with van der Waals surface area (Å²) < 4.78 is 2.98. The van der Waals surface area contributed by atoms with Crippen LogP contribution in [0.25, 0.3) is 10.1 Å². The van der Waals surface area contributed by atoms with Gasteiger partial charge < -0.3 is 9.67 Å². The van der Waals surface area contributed by atoms with Gasteiger partial charge in [0, 0.05) is 12.7 Å². The second-order valence-electron chi connectivity index (χ2n) is 3.23. The Balaban J connectivity index is 2.86. The molecule has 2 heterocycles. The third-order valence-corrected chi connectivity index (χ3v) is 4.28. The minimum absolute atomic E-state index is 0.149. The van der Waals surface area contributed by atoms with Gasteiger partial charge in [-0.2, -0.15) is 0 Å². The average molecular weight is 302 g/mol. The highest BCUT2D eigenvalue weighted by molar-refractivity contribution is 9.10. The van der Waals surface area contributed by atoms with E-state index >= 15 is 0 Å². The fourth-order valence-electron chi connectivity index (χ4n) is 1.48. The normalized spacial score (nSPS) is 10.9. The molecule has 0 saturated heterocycles. The van der Waals surface area contributed by atoms with Gasteiger partial charge in [0.2, 0.25) is 0 Å². The van der Waals surface area contributed by atoms with Crippen LogP contribution < -0.4 is 5.56 Å². The number of hydrogen-bond acceptors (Lipinski definition) is 3. The highest BCUT2D eigenvalue weighted by Gasteiger charge is 2.14. The van der Waals surface area contributed by atoms with Crippen LogP contribution in [0.15, 0.2) is 21.5 Å². The van der Waals surface area contributed by atoms with Crippen molar-refractivity contribution < 1.29 is 9.90 Å². The zero-order valence-electron chi connectivity index (χ0n) is 8.36. The van der Waals surface area contributed by atoms with Gasteiger partial charge >= 0.3 is 5.97 Å². The number of aromatic nitrogens is 1. The molecule has 0 unspecified atom stereocenters. The van der Waals surface area contributed by atoms with Gasteiger partial charge in [-0.15, -0.1) is 11.3 Å². The molecule has 16 heavy (non-hydrogen) atoms. The first-order valence-electron chi connectivity index (χ1n) is 4.60. The van der Waals surface area contributed by atoms with Crippen LogP contribution >= 0.6 is 27.3 Å². The molecule has 0 amide bonds. The number of nitrogens with zero attached hydrogens (tertiary/aromatic N) is 1. The van der Waals surface area contributed by atoms with Crippen LogP contribution in [0.3, 0.4) is 0 Å². The molecule has 6 heteroatoms. The Bertz CT molecular complexity index is 629. The molecule has 84 valence electrons. The molecule has 0 aromatic carbocycles. The molecule has 0 fully saturated rings. The number of carboxylic acids is 1. The first-order valence-corrected chi connectivity index (χ1v) is 6.21. The van der Waals surface area contributed by atoms with Crippen molar-refractivity contribution in [2.45, 2.75) is 13.5 Å². The molecule has 1 N–H and O–H groups in total. The molecule has 0 bridgehead atoms. The molecule has 0 aliphatic carbocycles. The lowest BCUT2D eigenvalue weighted by Crippen LogP contribution is -2.17. The van der Waals surface area contributed by atoms with E-state index in [1.54, 1.807) is 10.8 Å². The van der Waals surface area contributed by atoms with Gasteiger partial charge in [-0.3, -0.25) is 4.79 Å². The Morgan fingerprint density at radius 1 is 1.62 bits per heavy atom. The van der Waals surface area contributed by atoms with E-state index in [0.717, 1.165) is 15.8 Å². The Kier molecular flexibility index (Phi) is 2.86. The van der Waals surface area contributed by atoms with Crippen molar-refractivity contribution in [2.24, 2.45) is 0 Å². The fraction of sp³-hybridized carbons (Fsp3) is 0.200. The second kappa shape index (κ2) is 4.03. The fourth-order valence-corrected chi connectivity index (χ4v) is 3.07. The van der Waals surface area contributed by atoms with Gasteiger partial charge in [0.25, 0.3) is 5.56 Å². The number of carboxylic acid groups (broad SMARTS) is 1. The van der Waals surface area contributed by atoms with Gasteiger partial charge in [0.05, 0.1) is 14.6 Å². The largest absolute Gasteiger partial charge is 0.477 e. The van der Waals surface area contributed by atoms with E-state index in [1.807, 2.05) is 6.92 Å². The minimum Gasteiger partial charge on any atom is -0.477 e. The van der Waals surface area contributed by atoms with Crippen molar-refractivity contribution in [1.29, 1.82) is 0 Å². The van der Waals surface area contributed by atoms with Gasteiger partial charge in [0.15, 0.2) is 0 Å². The third-order valence-electron chi connectivity index (χ3n) is 2.26. The number of carbonyl (C=O) groups is 1. The summed E-state index contributed by atoms with van der Waals surface area (Å²) in [5.74, 6) is -1.00. The molecule has 0 spiro atoms. The molecule has 0 aliphatic rings. The minimum atomic E-state index is -1.00.